The van der Waals surface area contributed by atoms with Gasteiger partial charge in [-0.05, 0) is 150 Å². The molecule has 0 atom stereocenters. The van der Waals surface area contributed by atoms with Gasteiger partial charge in [0.15, 0.2) is 0 Å². The van der Waals surface area contributed by atoms with Gasteiger partial charge in [-0.2, -0.15) is 0 Å². The van der Waals surface area contributed by atoms with Crippen LogP contribution in [0.3, 0.4) is 0 Å². The summed E-state index contributed by atoms with van der Waals surface area (Å²) in [5.41, 5.74) is 24.9. The third-order valence-electron chi connectivity index (χ3n) is 15.5. The Morgan fingerprint density at radius 3 is 1.29 bits per heavy atom. The van der Waals surface area contributed by atoms with E-state index in [0.29, 0.717) is 11.8 Å². The van der Waals surface area contributed by atoms with Gasteiger partial charge in [-0.15, -0.1) is 10.2 Å². The molecule has 0 unspecified atom stereocenters. The van der Waals surface area contributed by atoms with Crippen LogP contribution in [-0.4, -0.2) is 14.8 Å². The zero-order valence-corrected chi connectivity index (χ0v) is 39.6. The molecule has 4 nitrogen and oxygen atoms in total. The topological polar surface area (TPSA) is 43.9 Å². The van der Waals surface area contributed by atoms with Gasteiger partial charge in [-0.3, -0.25) is 0 Å². The maximum absolute atomic E-state index is 6.08. The number of fused-ring (bicyclic) bond motifs is 13. The number of nitrogens with zero attached hydrogens (tertiary/aromatic N) is 3. The highest BCUT2D eigenvalue weighted by Gasteiger charge is 2.51. The average molecular weight is 930 g/mol. The molecule has 0 saturated heterocycles. The fraction of sp³-hybridized carbons (Fsp3) is 0.0145. The van der Waals surface area contributed by atoms with E-state index >= 15 is 0 Å². The predicted molar refractivity (Wildman–Crippen MR) is 298 cm³/mol. The zero-order valence-electron chi connectivity index (χ0n) is 39.6. The van der Waals surface area contributed by atoms with Gasteiger partial charge in [0.25, 0.3) is 0 Å². The van der Waals surface area contributed by atoms with E-state index in [2.05, 4.69) is 245 Å². The smallest absolute Gasteiger partial charge is 0.248 e. The molecule has 0 fully saturated rings. The van der Waals surface area contributed by atoms with E-state index in [1.165, 1.54) is 94.1 Å². The van der Waals surface area contributed by atoms with E-state index in [1.54, 1.807) is 0 Å². The maximum Gasteiger partial charge on any atom is 0.248 e. The van der Waals surface area contributed by atoms with Crippen molar-refractivity contribution in [3.05, 3.63) is 283 Å². The summed E-state index contributed by atoms with van der Waals surface area (Å²) in [4.78, 5) is 0. The van der Waals surface area contributed by atoms with E-state index in [0.717, 1.165) is 33.5 Å². The number of rotatable bonds is 7. The highest BCUT2D eigenvalue weighted by atomic mass is 16.4. The summed E-state index contributed by atoms with van der Waals surface area (Å²) in [6, 6.07) is 94.9. The van der Waals surface area contributed by atoms with Gasteiger partial charge in [0.2, 0.25) is 11.8 Å². The van der Waals surface area contributed by atoms with Crippen LogP contribution in [0.1, 0.15) is 22.3 Å². The van der Waals surface area contributed by atoms with Gasteiger partial charge in [0, 0.05) is 27.6 Å². The molecule has 0 N–H and O–H groups in total. The van der Waals surface area contributed by atoms with Crippen LogP contribution >= 0.6 is 0 Å². The van der Waals surface area contributed by atoms with Crippen molar-refractivity contribution >= 4 is 21.8 Å². The normalized spacial score (nSPS) is 12.8. The second-order valence-electron chi connectivity index (χ2n) is 19.2. The molecule has 2 aliphatic rings. The third kappa shape index (κ3) is 6.20. The Kier molecular flexibility index (Phi) is 9.14. The lowest BCUT2D eigenvalue weighted by Crippen LogP contribution is -2.25. The molecule has 4 heteroatoms. The van der Waals surface area contributed by atoms with Crippen molar-refractivity contribution < 1.29 is 4.42 Å². The summed E-state index contributed by atoms with van der Waals surface area (Å²) in [5.74, 6) is 1.00. The Hall–Kier alpha value is -9.64. The Morgan fingerprint density at radius 1 is 0.274 bits per heavy atom. The van der Waals surface area contributed by atoms with Gasteiger partial charge >= 0.3 is 0 Å². The van der Waals surface area contributed by atoms with Crippen molar-refractivity contribution in [2.75, 3.05) is 0 Å². The molecule has 0 aliphatic heterocycles. The highest BCUT2D eigenvalue weighted by molar-refractivity contribution is 6.11. The molecule has 1 spiro atoms. The van der Waals surface area contributed by atoms with Crippen molar-refractivity contribution in [1.82, 2.24) is 14.8 Å². The van der Waals surface area contributed by atoms with Crippen molar-refractivity contribution in [3.63, 3.8) is 0 Å². The van der Waals surface area contributed by atoms with Gasteiger partial charge in [0.05, 0.1) is 16.4 Å². The molecule has 2 heterocycles. The van der Waals surface area contributed by atoms with Crippen LogP contribution in [0.2, 0.25) is 0 Å². The SMILES string of the molecule is c1ccc(-c2nnc(-c3ccc(-c4ccccc4-c4ccccc4-c4ccc(-n5c6ccccc6c6cc(-c7ccc8c(c7)C7(c9ccccc9-c9ccccc97)c7ccccc7-8)ccc65)cc4)cc3)o2)cc1. The summed E-state index contributed by atoms with van der Waals surface area (Å²) < 4.78 is 8.50. The molecule has 2 aliphatic carbocycles. The number of hydrogen-bond acceptors (Lipinski definition) is 3. The van der Waals surface area contributed by atoms with Crippen LogP contribution in [0, 0.1) is 0 Å². The molecule has 73 heavy (non-hydrogen) atoms. The molecule has 13 aromatic rings. The van der Waals surface area contributed by atoms with Crippen molar-refractivity contribution in [1.29, 1.82) is 0 Å². The van der Waals surface area contributed by atoms with Crippen LogP contribution in [-0.2, 0) is 5.41 Å². The number of aromatic nitrogens is 3. The number of benzene rings is 11. The highest BCUT2D eigenvalue weighted by Crippen LogP contribution is 2.63. The van der Waals surface area contributed by atoms with Crippen molar-refractivity contribution in [2.24, 2.45) is 0 Å². The summed E-state index contributed by atoms with van der Waals surface area (Å²) in [6.07, 6.45) is 0. The molecule has 0 bridgehead atoms. The lowest BCUT2D eigenvalue weighted by Gasteiger charge is -2.30. The van der Waals surface area contributed by atoms with Crippen molar-refractivity contribution in [2.45, 2.75) is 5.41 Å². The van der Waals surface area contributed by atoms with Gasteiger partial charge in [-0.25, -0.2) is 0 Å². The molecule has 15 rings (SSSR count). The van der Waals surface area contributed by atoms with Crippen LogP contribution in [0.4, 0.5) is 0 Å². The number of hydrogen-bond donors (Lipinski definition) is 0. The summed E-state index contributed by atoms with van der Waals surface area (Å²) in [6.45, 7) is 0. The van der Waals surface area contributed by atoms with E-state index in [9.17, 15) is 0 Å². The molecule has 0 amide bonds. The lowest BCUT2D eigenvalue weighted by molar-refractivity contribution is 0.584. The standard InChI is InChI=1S/C69H43N3O/c1-2-16-46(17-3-1)67-70-71-68(73-67)47-32-30-44(31-33-47)51-18-4-6-20-53(51)54-21-7-5-19-52(54)45-34-38-50(39-35-45)72-65-29-15-11-25-59(65)60-42-48(37-41-66(60)72)49-36-40-58-57-24-10-14-28-63(57)69(64(58)43-49)61-26-12-8-22-55(61)56-23-9-13-27-62(56)69/h1-43H. The Labute approximate surface area is 422 Å². The van der Waals surface area contributed by atoms with Gasteiger partial charge in [0.1, 0.15) is 0 Å². The molecule has 340 valence electrons. The quantitative estimate of drug-likeness (QED) is 0.160. The van der Waals surface area contributed by atoms with Crippen LogP contribution in [0.5, 0.6) is 0 Å². The molecule has 2 aromatic heterocycles. The van der Waals surface area contributed by atoms with E-state index in [4.69, 9.17) is 4.42 Å². The first-order valence-corrected chi connectivity index (χ1v) is 25.0. The summed E-state index contributed by atoms with van der Waals surface area (Å²) in [5, 5.41) is 11.1. The van der Waals surface area contributed by atoms with Gasteiger partial charge in [-0.1, -0.05) is 200 Å². The van der Waals surface area contributed by atoms with E-state index in [-0.39, 0.29) is 5.41 Å². The van der Waals surface area contributed by atoms with Crippen LogP contribution < -0.4 is 0 Å². The largest absolute Gasteiger partial charge is 0.416 e. The van der Waals surface area contributed by atoms with Crippen molar-refractivity contribution in [3.8, 4) is 95.4 Å². The van der Waals surface area contributed by atoms with E-state index in [1.807, 2.05) is 30.3 Å². The van der Waals surface area contributed by atoms with Crippen LogP contribution in [0.25, 0.3) is 117 Å². The third-order valence-corrected chi connectivity index (χ3v) is 15.5. The minimum Gasteiger partial charge on any atom is -0.416 e. The van der Waals surface area contributed by atoms with Crippen LogP contribution in [0.15, 0.2) is 265 Å². The average Bonchev–Trinajstić information content (AvgIpc) is 4.25. The second kappa shape index (κ2) is 16.2. The predicted octanol–water partition coefficient (Wildman–Crippen LogP) is 17.5. The first-order valence-electron chi connectivity index (χ1n) is 25.0. The maximum atomic E-state index is 6.08. The summed E-state index contributed by atoms with van der Waals surface area (Å²) in [7, 11) is 0. The molecule has 0 radical (unpaired) electrons. The second-order valence-corrected chi connectivity index (χ2v) is 19.2. The summed E-state index contributed by atoms with van der Waals surface area (Å²) >= 11 is 0. The first kappa shape index (κ1) is 41.2. The lowest BCUT2D eigenvalue weighted by atomic mass is 9.70. The minimum absolute atomic E-state index is 0.385. The Morgan fingerprint density at radius 2 is 0.685 bits per heavy atom. The first-order chi connectivity index (χ1) is 36.2. The minimum atomic E-state index is -0.385. The molecule has 11 aromatic carbocycles. The fourth-order valence-electron chi connectivity index (χ4n) is 12.3. The molecular weight excluding hydrogens is 887 g/mol. The number of para-hydroxylation sites is 1. The monoisotopic (exact) mass is 929 g/mol. The zero-order chi connectivity index (χ0) is 48.0. The molecular formula is C69H43N3O. The Bertz CT molecular complexity index is 4250. The molecule has 0 saturated carbocycles. The van der Waals surface area contributed by atoms with E-state index < -0.39 is 0 Å². The van der Waals surface area contributed by atoms with Gasteiger partial charge < -0.3 is 8.98 Å². The fourth-order valence-corrected chi connectivity index (χ4v) is 12.3. The Balaban J connectivity index is 0.781.